The summed E-state index contributed by atoms with van der Waals surface area (Å²) in [7, 11) is -3.76. The van der Waals surface area contributed by atoms with Gasteiger partial charge in [-0.2, -0.15) is 5.09 Å². The first-order valence-corrected chi connectivity index (χ1v) is 9.30. The molecule has 1 aromatic carbocycles. The highest BCUT2D eigenvalue weighted by Crippen LogP contribution is 2.45. The highest BCUT2D eigenvalue weighted by molar-refractivity contribution is 7.55. The Kier molecular flexibility index (Phi) is 5.75. The lowest BCUT2D eigenvalue weighted by Crippen LogP contribution is -2.46. The van der Waals surface area contributed by atoms with Crippen molar-refractivity contribution in [3.05, 3.63) is 35.9 Å². The highest BCUT2D eigenvalue weighted by atomic mass is 31.2. The van der Waals surface area contributed by atoms with Crippen molar-refractivity contribution in [2.45, 2.75) is 44.7 Å². The molecule has 2 unspecified atom stereocenters. The lowest BCUT2D eigenvalue weighted by molar-refractivity contribution is -0.219. The number of benzene rings is 1. The van der Waals surface area contributed by atoms with Gasteiger partial charge in [0.15, 0.2) is 0 Å². The van der Waals surface area contributed by atoms with Gasteiger partial charge in [0.2, 0.25) is 0 Å². The molecule has 6 nitrogen and oxygen atoms in total. The van der Waals surface area contributed by atoms with E-state index in [0.29, 0.717) is 25.9 Å². The summed E-state index contributed by atoms with van der Waals surface area (Å²) < 4.78 is 23.2. The number of nitrogens with one attached hydrogen (secondary N) is 1. The van der Waals surface area contributed by atoms with Crippen molar-refractivity contribution >= 4 is 13.5 Å². The highest BCUT2D eigenvalue weighted by Gasteiger charge is 2.44. The molecule has 1 aliphatic rings. The number of carbonyl (C=O) groups is 1. The van der Waals surface area contributed by atoms with Gasteiger partial charge in [-0.25, -0.2) is 0 Å². The van der Waals surface area contributed by atoms with E-state index < -0.39 is 19.4 Å². The van der Waals surface area contributed by atoms with Gasteiger partial charge in [-0.3, -0.25) is 9.36 Å². The lowest BCUT2D eigenvalue weighted by Gasteiger charge is -2.31. The van der Waals surface area contributed by atoms with Crippen LogP contribution in [0.25, 0.3) is 0 Å². The molecule has 0 saturated carbocycles. The Morgan fingerprint density at radius 2 is 2.18 bits per heavy atom. The minimum Gasteiger partial charge on any atom is -0.418 e. The van der Waals surface area contributed by atoms with Crippen LogP contribution >= 0.6 is 7.52 Å². The molecule has 1 fully saturated rings. The van der Waals surface area contributed by atoms with E-state index in [2.05, 4.69) is 5.09 Å². The molecule has 0 aliphatic carbocycles. The minimum absolute atomic E-state index is 0.0513. The maximum absolute atomic E-state index is 12.5. The summed E-state index contributed by atoms with van der Waals surface area (Å²) >= 11 is 0. The second kappa shape index (κ2) is 7.38. The number of carbonyl (C=O) groups excluding carboxylic acids is 1. The summed E-state index contributed by atoms with van der Waals surface area (Å²) in [5.74, 6) is -1.91. The molecule has 0 bridgehead atoms. The van der Waals surface area contributed by atoms with Gasteiger partial charge in [-0.05, 0) is 18.4 Å². The summed E-state index contributed by atoms with van der Waals surface area (Å²) in [5.41, 5.74) is 0.730. The third kappa shape index (κ3) is 4.92. The molecular formula is C15H22NO5P. The van der Waals surface area contributed by atoms with E-state index in [4.69, 9.17) is 9.47 Å². The van der Waals surface area contributed by atoms with E-state index in [1.54, 1.807) is 24.3 Å². The molecule has 1 aliphatic heterocycles. The maximum atomic E-state index is 12.5. The summed E-state index contributed by atoms with van der Waals surface area (Å²) in [6, 6.07) is 9.00. The van der Waals surface area contributed by atoms with Gasteiger partial charge in [0, 0.05) is 12.8 Å². The Morgan fingerprint density at radius 1 is 1.45 bits per heavy atom. The van der Waals surface area contributed by atoms with Crippen LogP contribution in [-0.4, -0.2) is 23.4 Å². The van der Waals surface area contributed by atoms with E-state index in [0.717, 1.165) is 5.56 Å². The molecule has 0 amide bonds. The van der Waals surface area contributed by atoms with Crippen LogP contribution in [0.15, 0.2) is 30.3 Å². The first kappa shape index (κ1) is 17.2. The van der Waals surface area contributed by atoms with E-state index >= 15 is 0 Å². The second-order valence-corrected chi connectivity index (χ2v) is 7.33. The molecule has 2 rings (SSSR count). The fourth-order valence-corrected chi connectivity index (χ4v) is 3.92. The molecule has 7 heteroatoms. The largest absolute Gasteiger partial charge is 0.418 e. The predicted octanol–water partition coefficient (Wildman–Crippen LogP) is 2.77. The van der Waals surface area contributed by atoms with Crippen molar-refractivity contribution in [3.8, 4) is 0 Å². The van der Waals surface area contributed by atoms with Crippen LogP contribution in [0.4, 0.5) is 0 Å². The summed E-state index contributed by atoms with van der Waals surface area (Å²) in [4.78, 5) is 21.9. The normalized spacial score (nSPS) is 23.9. The average Bonchev–Trinajstić information content (AvgIpc) is 2.86. The standard InChI is InChI=1S/C15H22NO5P/c1-2-7-14(17)21-15(10-6-11-20-15)16-22(18,19)12-13-8-4-3-5-9-13/h3-5,8-9H,2,6-7,10-12H2,1H3,(H2,16,18,19). The molecule has 2 atom stereocenters. The van der Waals surface area contributed by atoms with Crippen molar-refractivity contribution in [3.63, 3.8) is 0 Å². The lowest BCUT2D eigenvalue weighted by atomic mass is 10.2. The molecule has 2 N–H and O–H groups in total. The molecule has 1 saturated heterocycles. The van der Waals surface area contributed by atoms with E-state index in [-0.39, 0.29) is 12.6 Å². The Bertz CT molecular complexity index is 542. The quantitative estimate of drug-likeness (QED) is 0.455. The zero-order chi connectivity index (χ0) is 16.1. The first-order chi connectivity index (χ1) is 10.4. The van der Waals surface area contributed by atoms with Crippen LogP contribution in [0, 0.1) is 0 Å². The molecule has 1 aromatic rings. The fraction of sp³-hybridized carbons (Fsp3) is 0.533. The molecule has 122 valence electrons. The Labute approximate surface area is 130 Å². The molecular weight excluding hydrogens is 305 g/mol. The minimum atomic E-state index is -3.76. The third-order valence-electron chi connectivity index (χ3n) is 3.30. The van der Waals surface area contributed by atoms with Crippen molar-refractivity contribution in [1.29, 1.82) is 0 Å². The summed E-state index contributed by atoms with van der Waals surface area (Å²) in [6.45, 7) is 2.25. The van der Waals surface area contributed by atoms with Gasteiger partial charge >= 0.3 is 5.97 Å². The van der Waals surface area contributed by atoms with Crippen molar-refractivity contribution in [2.24, 2.45) is 0 Å². The van der Waals surface area contributed by atoms with Gasteiger partial charge in [-0.1, -0.05) is 37.3 Å². The monoisotopic (exact) mass is 327 g/mol. The Hall–Kier alpha value is -1.20. The van der Waals surface area contributed by atoms with Gasteiger partial charge in [0.1, 0.15) is 0 Å². The van der Waals surface area contributed by atoms with Crippen LogP contribution < -0.4 is 5.09 Å². The van der Waals surface area contributed by atoms with Gasteiger partial charge in [0.25, 0.3) is 13.4 Å². The van der Waals surface area contributed by atoms with Gasteiger partial charge < -0.3 is 14.4 Å². The topological polar surface area (TPSA) is 84.9 Å². The fourth-order valence-electron chi connectivity index (χ4n) is 2.38. The summed E-state index contributed by atoms with van der Waals surface area (Å²) in [6.07, 6.45) is 1.88. The van der Waals surface area contributed by atoms with Crippen LogP contribution in [0.2, 0.25) is 0 Å². The zero-order valence-corrected chi connectivity index (χ0v) is 13.6. The van der Waals surface area contributed by atoms with Crippen LogP contribution in [0.5, 0.6) is 0 Å². The summed E-state index contributed by atoms with van der Waals surface area (Å²) in [5, 5.41) is 2.55. The molecule has 0 aromatic heterocycles. The maximum Gasteiger partial charge on any atom is 0.309 e. The van der Waals surface area contributed by atoms with Gasteiger partial charge in [0.05, 0.1) is 12.8 Å². The Balaban J connectivity index is 2.06. The smallest absolute Gasteiger partial charge is 0.309 e. The van der Waals surface area contributed by atoms with Crippen LogP contribution in [0.1, 0.15) is 38.2 Å². The van der Waals surface area contributed by atoms with E-state index in [1.165, 1.54) is 0 Å². The van der Waals surface area contributed by atoms with E-state index in [9.17, 15) is 14.3 Å². The SMILES string of the molecule is CCCC(=O)OC1(NP(=O)(O)Cc2ccccc2)CCCO1. The Morgan fingerprint density at radius 3 is 2.77 bits per heavy atom. The number of hydrogen-bond acceptors (Lipinski definition) is 4. The second-order valence-electron chi connectivity index (χ2n) is 5.39. The van der Waals surface area contributed by atoms with Crippen LogP contribution in [0.3, 0.4) is 0 Å². The molecule has 0 radical (unpaired) electrons. The number of esters is 1. The molecule has 22 heavy (non-hydrogen) atoms. The number of hydrogen-bond donors (Lipinski definition) is 2. The molecule has 0 spiro atoms. The van der Waals surface area contributed by atoms with Crippen molar-refractivity contribution in [2.75, 3.05) is 6.61 Å². The van der Waals surface area contributed by atoms with Crippen LogP contribution in [-0.2, 0) is 25.0 Å². The third-order valence-corrected chi connectivity index (χ3v) is 4.79. The first-order valence-electron chi connectivity index (χ1n) is 7.46. The average molecular weight is 327 g/mol. The number of rotatable bonds is 7. The van der Waals surface area contributed by atoms with Gasteiger partial charge in [-0.15, -0.1) is 0 Å². The molecule has 1 heterocycles. The number of ether oxygens (including phenoxy) is 2. The van der Waals surface area contributed by atoms with Crippen molar-refractivity contribution in [1.82, 2.24) is 5.09 Å². The van der Waals surface area contributed by atoms with E-state index in [1.807, 2.05) is 13.0 Å². The zero-order valence-electron chi connectivity index (χ0n) is 12.7. The predicted molar refractivity (Wildman–Crippen MR) is 82.0 cm³/mol. The van der Waals surface area contributed by atoms with Crippen molar-refractivity contribution < 1.29 is 23.7 Å².